The van der Waals surface area contributed by atoms with Crippen molar-refractivity contribution in [1.82, 2.24) is 20.1 Å². The molecule has 0 saturated carbocycles. The van der Waals surface area contributed by atoms with Crippen LogP contribution < -0.4 is 5.32 Å². The maximum absolute atomic E-state index is 11.8. The van der Waals surface area contributed by atoms with Crippen LogP contribution in [-0.2, 0) is 21.4 Å². The van der Waals surface area contributed by atoms with Gasteiger partial charge in [0.15, 0.2) is 11.0 Å². The van der Waals surface area contributed by atoms with E-state index in [9.17, 15) is 9.59 Å². The maximum Gasteiger partial charge on any atom is 0.305 e. The Balaban J connectivity index is 1.72. The molecule has 1 N–H and O–H groups in total. The molecular formula is C15H20N4O3S2. The molecule has 9 heteroatoms. The summed E-state index contributed by atoms with van der Waals surface area (Å²) in [5, 5.41) is 13.8. The van der Waals surface area contributed by atoms with Crippen molar-refractivity contribution in [1.29, 1.82) is 0 Å². The third kappa shape index (κ3) is 5.34. The van der Waals surface area contributed by atoms with E-state index in [2.05, 4.69) is 15.5 Å². The number of thiophene rings is 1. The molecule has 2 aromatic rings. The molecule has 1 amide bonds. The summed E-state index contributed by atoms with van der Waals surface area (Å²) in [4.78, 5) is 24.1. The molecule has 2 rings (SSSR count). The molecule has 0 aliphatic carbocycles. The summed E-state index contributed by atoms with van der Waals surface area (Å²) in [5.74, 6) is 0.726. The van der Waals surface area contributed by atoms with Crippen molar-refractivity contribution in [3.8, 4) is 10.7 Å². The Labute approximate surface area is 148 Å². The molecule has 0 aliphatic heterocycles. The van der Waals surface area contributed by atoms with Crippen LogP contribution in [0.15, 0.2) is 22.7 Å². The zero-order chi connectivity index (χ0) is 17.4. The van der Waals surface area contributed by atoms with E-state index in [1.165, 1.54) is 11.8 Å². The van der Waals surface area contributed by atoms with Crippen LogP contribution in [0.25, 0.3) is 10.7 Å². The Morgan fingerprint density at radius 2 is 2.25 bits per heavy atom. The second-order valence-corrected chi connectivity index (χ2v) is 6.78. The summed E-state index contributed by atoms with van der Waals surface area (Å²) in [6.07, 6.45) is 0.885. The van der Waals surface area contributed by atoms with Crippen LogP contribution in [0.1, 0.15) is 19.8 Å². The zero-order valence-electron chi connectivity index (χ0n) is 13.7. The third-order valence-electron chi connectivity index (χ3n) is 3.09. The van der Waals surface area contributed by atoms with Gasteiger partial charge in [0.05, 0.1) is 17.2 Å². The molecule has 0 spiro atoms. The molecule has 2 aromatic heterocycles. The van der Waals surface area contributed by atoms with E-state index in [1.807, 2.05) is 29.1 Å². The number of nitrogens with one attached hydrogen (secondary N) is 1. The smallest absolute Gasteiger partial charge is 0.305 e. The Bertz CT molecular complexity index is 670. The zero-order valence-corrected chi connectivity index (χ0v) is 15.3. The predicted molar refractivity (Wildman–Crippen MR) is 93.9 cm³/mol. The first-order valence-electron chi connectivity index (χ1n) is 7.60. The quantitative estimate of drug-likeness (QED) is 0.414. The fraction of sp³-hybridized carbons (Fsp3) is 0.467. The van der Waals surface area contributed by atoms with Gasteiger partial charge in [-0.25, -0.2) is 0 Å². The fourth-order valence-corrected chi connectivity index (χ4v) is 3.42. The second-order valence-electron chi connectivity index (χ2n) is 4.89. The summed E-state index contributed by atoms with van der Waals surface area (Å²) >= 11 is 2.93. The highest BCUT2D eigenvalue weighted by Crippen LogP contribution is 2.25. The lowest BCUT2D eigenvalue weighted by atomic mass is 10.3. The highest BCUT2D eigenvalue weighted by atomic mass is 32.2. The van der Waals surface area contributed by atoms with E-state index in [-0.39, 0.29) is 17.6 Å². The van der Waals surface area contributed by atoms with Gasteiger partial charge in [-0.05, 0) is 24.8 Å². The monoisotopic (exact) mass is 368 g/mol. The van der Waals surface area contributed by atoms with Gasteiger partial charge in [-0.1, -0.05) is 17.8 Å². The van der Waals surface area contributed by atoms with Gasteiger partial charge in [0.1, 0.15) is 0 Å². The van der Waals surface area contributed by atoms with Crippen LogP contribution >= 0.6 is 23.1 Å². The van der Waals surface area contributed by atoms with Crippen LogP contribution in [0.2, 0.25) is 0 Å². The van der Waals surface area contributed by atoms with Gasteiger partial charge in [0.2, 0.25) is 5.91 Å². The van der Waals surface area contributed by atoms with Crippen LogP contribution in [0.3, 0.4) is 0 Å². The van der Waals surface area contributed by atoms with Crippen molar-refractivity contribution < 1.29 is 14.3 Å². The number of ether oxygens (including phenoxy) is 1. The first kappa shape index (κ1) is 18.5. The van der Waals surface area contributed by atoms with Crippen LogP contribution in [-0.4, -0.2) is 45.5 Å². The first-order valence-corrected chi connectivity index (χ1v) is 9.46. The number of amides is 1. The molecule has 0 atom stereocenters. The predicted octanol–water partition coefficient (Wildman–Crippen LogP) is 2.10. The molecule has 0 radical (unpaired) electrons. The Hall–Kier alpha value is -1.87. The normalized spacial score (nSPS) is 10.6. The van der Waals surface area contributed by atoms with Gasteiger partial charge in [-0.3, -0.25) is 9.59 Å². The third-order valence-corrected chi connectivity index (χ3v) is 4.98. The molecule has 0 saturated heterocycles. The number of esters is 1. The molecule has 0 aliphatic rings. The lowest BCUT2D eigenvalue weighted by Crippen LogP contribution is -2.26. The van der Waals surface area contributed by atoms with E-state index in [0.717, 1.165) is 10.7 Å². The summed E-state index contributed by atoms with van der Waals surface area (Å²) < 4.78 is 6.71. The number of nitrogens with zero attached hydrogens (tertiary/aromatic N) is 3. The van der Waals surface area contributed by atoms with Gasteiger partial charge in [-0.15, -0.1) is 21.5 Å². The molecule has 0 aromatic carbocycles. The van der Waals surface area contributed by atoms with Crippen molar-refractivity contribution in [3.63, 3.8) is 0 Å². The topological polar surface area (TPSA) is 86.1 Å². The Morgan fingerprint density at radius 1 is 1.42 bits per heavy atom. The summed E-state index contributed by atoms with van der Waals surface area (Å²) in [6.45, 7) is 2.61. The van der Waals surface area contributed by atoms with Gasteiger partial charge in [-0.2, -0.15) is 0 Å². The molecule has 7 nitrogen and oxygen atoms in total. The van der Waals surface area contributed by atoms with E-state index in [1.54, 1.807) is 18.3 Å². The van der Waals surface area contributed by atoms with Crippen molar-refractivity contribution in [3.05, 3.63) is 17.5 Å². The van der Waals surface area contributed by atoms with Gasteiger partial charge in [0.25, 0.3) is 0 Å². The largest absolute Gasteiger partial charge is 0.466 e. The van der Waals surface area contributed by atoms with E-state index in [4.69, 9.17) is 4.74 Å². The van der Waals surface area contributed by atoms with Crippen molar-refractivity contribution in [2.24, 2.45) is 7.05 Å². The van der Waals surface area contributed by atoms with Gasteiger partial charge < -0.3 is 14.6 Å². The minimum Gasteiger partial charge on any atom is -0.466 e. The Kier molecular flexibility index (Phi) is 7.26. The van der Waals surface area contributed by atoms with E-state index in [0.29, 0.717) is 31.1 Å². The minimum absolute atomic E-state index is 0.0930. The lowest BCUT2D eigenvalue weighted by molar-refractivity contribution is -0.143. The maximum atomic E-state index is 11.8. The first-order chi connectivity index (χ1) is 11.6. The molecule has 0 fully saturated rings. The number of hydrogen-bond donors (Lipinski definition) is 1. The van der Waals surface area contributed by atoms with Crippen LogP contribution in [0, 0.1) is 0 Å². The fourth-order valence-electron chi connectivity index (χ4n) is 1.94. The van der Waals surface area contributed by atoms with E-state index < -0.39 is 0 Å². The summed E-state index contributed by atoms with van der Waals surface area (Å²) in [5.41, 5.74) is 0. The SMILES string of the molecule is CCOC(=O)CCCNC(=O)CSc1nnc(-c2cccs2)n1C. The second kappa shape index (κ2) is 9.43. The highest BCUT2D eigenvalue weighted by Gasteiger charge is 2.13. The Morgan fingerprint density at radius 3 is 2.96 bits per heavy atom. The average Bonchev–Trinajstić information content (AvgIpc) is 3.19. The van der Waals surface area contributed by atoms with Crippen LogP contribution in [0.4, 0.5) is 0 Å². The van der Waals surface area contributed by atoms with Gasteiger partial charge >= 0.3 is 5.97 Å². The van der Waals surface area contributed by atoms with Crippen molar-refractivity contribution in [2.45, 2.75) is 24.9 Å². The van der Waals surface area contributed by atoms with Gasteiger partial charge in [0, 0.05) is 20.0 Å². The number of aromatic nitrogens is 3. The average molecular weight is 368 g/mol. The highest BCUT2D eigenvalue weighted by molar-refractivity contribution is 7.99. The number of thioether (sulfide) groups is 1. The van der Waals surface area contributed by atoms with Crippen molar-refractivity contribution >= 4 is 35.0 Å². The minimum atomic E-state index is -0.235. The molecule has 24 heavy (non-hydrogen) atoms. The molecule has 2 heterocycles. The number of hydrogen-bond acceptors (Lipinski definition) is 7. The van der Waals surface area contributed by atoms with Crippen molar-refractivity contribution in [2.75, 3.05) is 18.9 Å². The summed E-state index contributed by atoms with van der Waals surface area (Å²) in [7, 11) is 1.88. The molecular weight excluding hydrogens is 348 g/mol. The van der Waals surface area contributed by atoms with Crippen LogP contribution in [0.5, 0.6) is 0 Å². The van der Waals surface area contributed by atoms with E-state index >= 15 is 0 Å². The molecule has 130 valence electrons. The standard InChI is InChI=1S/C15H20N4O3S2/c1-3-22-13(21)7-4-8-16-12(20)10-24-15-18-17-14(19(15)2)11-6-5-9-23-11/h5-6,9H,3-4,7-8,10H2,1-2H3,(H,16,20). The molecule has 0 unspecified atom stereocenters. The molecule has 0 bridgehead atoms. The number of carbonyl (C=O) groups excluding carboxylic acids is 2. The lowest BCUT2D eigenvalue weighted by Gasteiger charge is -2.05. The number of rotatable bonds is 9. The number of carbonyl (C=O) groups is 2. The summed E-state index contributed by atoms with van der Waals surface area (Å²) in [6, 6.07) is 3.95.